The summed E-state index contributed by atoms with van der Waals surface area (Å²) in [6, 6.07) is 0.584. The lowest BCUT2D eigenvalue weighted by molar-refractivity contribution is 0.484. The summed E-state index contributed by atoms with van der Waals surface area (Å²) in [5.74, 6) is 0. The van der Waals surface area contributed by atoms with Crippen LogP contribution in [0.2, 0.25) is 0 Å². The van der Waals surface area contributed by atoms with Crippen LogP contribution in [0.25, 0.3) is 0 Å². The molecule has 3 N–H and O–H groups in total. The lowest BCUT2D eigenvalue weighted by Gasteiger charge is -2.12. The van der Waals surface area contributed by atoms with Crippen molar-refractivity contribution in [3.05, 3.63) is 16.1 Å². The van der Waals surface area contributed by atoms with Crippen LogP contribution in [-0.2, 0) is 13.0 Å². The molecule has 1 atom stereocenters. The van der Waals surface area contributed by atoms with Crippen molar-refractivity contribution in [3.63, 3.8) is 0 Å². The molecule has 0 spiro atoms. The van der Waals surface area contributed by atoms with Crippen molar-refractivity contribution in [3.8, 4) is 0 Å². The van der Waals surface area contributed by atoms with Crippen molar-refractivity contribution < 1.29 is 0 Å². The standard InChI is InChI=1S/C13H25N3S/c1-3-4-5-6-11(2)15-9-12-10-17-13(16-12)7-8-14/h10-11,15H,3-9,14H2,1-2H3. The Hall–Kier alpha value is -0.450. The predicted molar refractivity (Wildman–Crippen MR) is 75.3 cm³/mol. The van der Waals surface area contributed by atoms with Gasteiger partial charge in [0.05, 0.1) is 10.7 Å². The molecule has 3 nitrogen and oxygen atoms in total. The monoisotopic (exact) mass is 255 g/mol. The molecule has 0 fully saturated rings. The van der Waals surface area contributed by atoms with E-state index in [2.05, 4.69) is 29.5 Å². The van der Waals surface area contributed by atoms with Crippen molar-refractivity contribution in [2.24, 2.45) is 5.73 Å². The molecular formula is C13H25N3S. The van der Waals surface area contributed by atoms with E-state index in [0.717, 1.165) is 23.7 Å². The van der Waals surface area contributed by atoms with Crippen molar-refractivity contribution in [1.82, 2.24) is 10.3 Å². The summed E-state index contributed by atoms with van der Waals surface area (Å²) in [7, 11) is 0. The number of thiazole rings is 1. The molecule has 4 heteroatoms. The fraction of sp³-hybridized carbons (Fsp3) is 0.769. The zero-order valence-corrected chi connectivity index (χ0v) is 11.9. The zero-order valence-electron chi connectivity index (χ0n) is 11.0. The number of nitrogens with one attached hydrogen (secondary N) is 1. The Bertz CT molecular complexity index is 299. The molecule has 0 aliphatic heterocycles. The van der Waals surface area contributed by atoms with Crippen molar-refractivity contribution in [2.75, 3.05) is 6.54 Å². The molecule has 0 saturated carbocycles. The Morgan fingerprint density at radius 2 is 2.29 bits per heavy atom. The van der Waals surface area contributed by atoms with Crippen LogP contribution in [0.1, 0.15) is 50.2 Å². The molecule has 0 aromatic carbocycles. The van der Waals surface area contributed by atoms with E-state index in [1.165, 1.54) is 25.7 Å². The average Bonchev–Trinajstić information content (AvgIpc) is 2.75. The molecule has 1 rings (SSSR count). The molecule has 1 aromatic heterocycles. The first-order valence-electron chi connectivity index (χ1n) is 6.63. The Balaban J connectivity index is 2.19. The number of hydrogen-bond acceptors (Lipinski definition) is 4. The lowest BCUT2D eigenvalue weighted by Crippen LogP contribution is -2.25. The van der Waals surface area contributed by atoms with Crippen LogP contribution in [0.4, 0.5) is 0 Å². The summed E-state index contributed by atoms with van der Waals surface area (Å²) in [6.07, 6.45) is 6.11. The van der Waals surface area contributed by atoms with E-state index < -0.39 is 0 Å². The van der Waals surface area contributed by atoms with Crippen LogP contribution in [0, 0.1) is 0 Å². The van der Waals surface area contributed by atoms with Gasteiger partial charge in [-0.1, -0.05) is 26.2 Å². The molecule has 0 bridgehead atoms. The molecule has 1 unspecified atom stereocenters. The van der Waals surface area contributed by atoms with E-state index in [1.807, 2.05) is 0 Å². The third-order valence-corrected chi connectivity index (χ3v) is 3.79. The highest BCUT2D eigenvalue weighted by molar-refractivity contribution is 7.09. The maximum atomic E-state index is 5.51. The fourth-order valence-electron chi connectivity index (χ4n) is 1.75. The number of hydrogen-bond donors (Lipinski definition) is 2. The summed E-state index contributed by atoms with van der Waals surface area (Å²) in [4.78, 5) is 4.54. The zero-order chi connectivity index (χ0) is 12.5. The van der Waals surface area contributed by atoms with Crippen molar-refractivity contribution in [2.45, 2.75) is 58.5 Å². The van der Waals surface area contributed by atoms with Crippen LogP contribution in [0.15, 0.2) is 5.38 Å². The highest BCUT2D eigenvalue weighted by Gasteiger charge is 2.04. The predicted octanol–water partition coefficient (Wildman–Crippen LogP) is 2.70. The van der Waals surface area contributed by atoms with Gasteiger partial charge >= 0.3 is 0 Å². The van der Waals surface area contributed by atoms with Gasteiger partial charge in [-0.05, 0) is 19.9 Å². The SMILES string of the molecule is CCCCCC(C)NCc1csc(CCN)n1. The van der Waals surface area contributed by atoms with Gasteiger partial charge in [-0.2, -0.15) is 0 Å². The van der Waals surface area contributed by atoms with Crippen molar-refractivity contribution >= 4 is 11.3 Å². The molecule has 1 aromatic rings. The summed E-state index contributed by atoms with van der Waals surface area (Å²) in [5, 5.41) is 6.82. The topological polar surface area (TPSA) is 50.9 Å². The summed E-state index contributed by atoms with van der Waals surface area (Å²) < 4.78 is 0. The first kappa shape index (κ1) is 14.6. The second kappa shape index (κ2) is 8.61. The van der Waals surface area contributed by atoms with Gasteiger partial charge < -0.3 is 11.1 Å². The maximum Gasteiger partial charge on any atom is 0.0941 e. The van der Waals surface area contributed by atoms with E-state index in [0.29, 0.717) is 12.6 Å². The third kappa shape index (κ3) is 6.15. The normalized spacial score (nSPS) is 12.9. The van der Waals surface area contributed by atoms with Crippen LogP contribution in [0.5, 0.6) is 0 Å². The Kier molecular flexibility index (Phi) is 7.40. The van der Waals surface area contributed by atoms with E-state index >= 15 is 0 Å². The number of nitrogens with zero attached hydrogens (tertiary/aromatic N) is 1. The van der Waals surface area contributed by atoms with Gasteiger partial charge in [0.25, 0.3) is 0 Å². The van der Waals surface area contributed by atoms with E-state index in [1.54, 1.807) is 11.3 Å². The molecule has 0 saturated heterocycles. The minimum absolute atomic E-state index is 0.584. The first-order valence-corrected chi connectivity index (χ1v) is 7.51. The van der Waals surface area contributed by atoms with Crippen LogP contribution in [0.3, 0.4) is 0 Å². The molecule has 0 amide bonds. The second-order valence-electron chi connectivity index (χ2n) is 4.55. The molecule has 0 aliphatic rings. The molecule has 0 aliphatic carbocycles. The van der Waals surface area contributed by atoms with Gasteiger partial charge in [0.1, 0.15) is 0 Å². The molecule has 98 valence electrons. The first-order chi connectivity index (χ1) is 8.26. The van der Waals surface area contributed by atoms with Crippen molar-refractivity contribution in [1.29, 1.82) is 0 Å². The molecular weight excluding hydrogens is 230 g/mol. The highest BCUT2D eigenvalue weighted by Crippen LogP contribution is 2.10. The minimum Gasteiger partial charge on any atom is -0.330 e. The highest BCUT2D eigenvalue weighted by atomic mass is 32.1. The quantitative estimate of drug-likeness (QED) is 0.667. The molecule has 1 heterocycles. The lowest BCUT2D eigenvalue weighted by atomic mass is 10.1. The molecule has 0 radical (unpaired) electrons. The summed E-state index contributed by atoms with van der Waals surface area (Å²) >= 11 is 1.72. The van der Waals surface area contributed by atoms with Crippen LogP contribution in [-0.4, -0.2) is 17.6 Å². The third-order valence-electron chi connectivity index (χ3n) is 2.83. The largest absolute Gasteiger partial charge is 0.330 e. The minimum atomic E-state index is 0.584. The maximum absolute atomic E-state index is 5.51. The van der Waals surface area contributed by atoms with Gasteiger partial charge in [-0.25, -0.2) is 4.98 Å². The Morgan fingerprint density at radius 3 is 3.00 bits per heavy atom. The second-order valence-corrected chi connectivity index (χ2v) is 5.49. The fourth-order valence-corrected chi connectivity index (χ4v) is 2.56. The Morgan fingerprint density at radius 1 is 1.47 bits per heavy atom. The smallest absolute Gasteiger partial charge is 0.0941 e. The Labute approximate surface area is 109 Å². The van der Waals surface area contributed by atoms with Gasteiger partial charge in [0.2, 0.25) is 0 Å². The number of aromatic nitrogens is 1. The average molecular weight is 255 g/mol. The number of nitrogens with two attached hydrogens (primary N) is 1. The van der Waals surface area contributed by atoms with Gasteiger partial charge in [0, 0.05) is 24.4 Å². The van der Waals surface area contributed by atoms with E-state index in [-0.39, 0.29) is 0 Å². The summed E-state index contributed by atoms with van der Waals surface area (Å²) in [6.45, 7) is 6.07. The van der Waals surface area contributed by atoms with Gasteiger partial charge in [-0.15, -0.1) is 11.3 Å². The van der Waals surface area contributed by atoms with Gasteiger partial charge in [-0.3, -0.25) is 0 Å². The van der Waals surface area contributed by atoms with Gasteiger partial charge in [0.15, 0.2) is 0 Å². The molecule has 17 heavy (non-hydrogen) atoms. The van der Waals surface area contributed by atoms with E-state index in [9.17, 15) is 0 Å². The van der Waals surface area contributed by atoms with Crippen LogP contribution < -0.4 is 11.1 Å². The van der Waals surface area contributed by atoms with E-state index in [4.69, 9.17) is 5.73 Å². The number of unbranched alkanes of at least 4 members (excludes halogenated alkanes) is 2. The number of rotatable bonds is 9. The van der Waals surface area contributed by atoms with Crippen LogP contribution >= 0.6 is 11.3 Å². The summed E-state index contributed by atoms with van der Waals surface area (Å²) in [5.41, 5.74) is 6.66.